The van der Waals surface area contributed by atoms with Crippen molar-refractivity contribution in [1.29, 1.82) is 0 Å². The molecule has 0 aliphatic rings. The molecule has 0 fully saturated rings. The third kappa shape index (κ3) is 4.38. The van der Waals surface area contributed by atoms with Crippen molar-refractivity contribution in [2.45, 2.75) is 20.0 Å². The fourth-order valence-corrected chi connectivity index (χ4v) is 2.90. The molecule has 0 heterocycles. The van der Waals surface area contributed by atoms with Crippen molar-refractivity contribution in [2.24, 2.45) is 0 Å². The van der Waals surface area contributed by atoms with Crippen molar-refractivity contribution in [3.63, 3.8) is 0 Å². The molecule has 22 heavy (non-hydrogen) atoms. The minimum Gasteiger partial charge on any atom is -0.479 e. The van der Waals surface area contributed by atoms with Crippen molar-refractivity contribution in [2.75, 3.05) is 0 Å². The van der Waals surface area contributed by atoms with Gasteiger partial charge < -0.3 is 9.47 Å². The molecule has 116 valence electrons. The first-order chi connectivity index (χ1) is 10.4. The van der Waals surface area contributed by atoms with Gasteiger partial charge in [-0.15, -0.1) is 0 Å². The Balaban J connectivity index is 2.07. The van der Waals surface area contributed by atoms with Crippen LogP contribution in [0.2, 0.25) is 10.0 Å². The highest BCUT2D eigenvalue weighted by Crippen LogP contribution is 2.32. The Bertz CT molecular complexity index is 663. The first kappa shape index (κ1) is 17.1. The fourth-order valence-electron chi connectivity index (χ4n) is 1.77. The number of ether oxygens (including phenoxy) is 2. The van der Waals surface area contributed by atoms with E-state index in [2.05, 4.69) is 15.9 Å². The number of halogens is 3. The summed E-state index contributed by atoms with van der Waals surface area (Å²) in [5.41, 5.74) is 0.756. The van der Waals surface area contributed by atoms with Gasteiger partial charge in [0.2, 0.25) is 0 Å². The van der Waals surface area contributed by atoms with Crippen LogP contribution in [-0.2, 0) is 4.79 Å². The predicted molar refractivity (Wildman–Crippen MR) is 91.1 cm³/mol. The lowest BCUT2D eigenvalue weighted by Crippen LogP contribution is -2.28. The van der Waals surface area contributed by atoms with Gasteiger partial charge in [0.05, 0.1) is 5.02 Å². The molecule has 2 rings (SSSR count). The largest absolute Gasteiger partial charge is 0.479 e. The maximum absolute atomic E-state index is 12.1. The van der Waals surface area contributed by atoms with Crippen LogP contribution in [0.15, 0.2) is 40.9 Å². The standard InChI is InChI=1S/C16H13BrCl2O3/c1-9-7-11(17)8-14(19)15(9)22-16(20)10(2)21-13-5-3-12(18)4-6-13/h3-8,10H,1-2H3/t10-/m0/s1. The average Bonchev–Trinajstić information content (AvgIpc) is 2.45. The quantitative estimate of drug-likeness (QED) is 0.503. The second-order valence-corrected chi connectivity index (χ2v) is 6.43. The second kappa shape index (κ2) is 7.36. The maximum atomic E-state index is 12.1. The van der Waals surface area contributed by atoms with Crippen LogP contribution in [0.25, 0.3) is 0 Å². The van der Waals surface area contributed by atoms with Gasteiger partial charge in [-0.2, -0.15) is 0 Å². The lowest BCUT2D eigenvalue weighted by Gasteiger charge is -2.15. The highest BCUT2D eigenvalue weighted by atomic mass is 79.9. The molecule has 0 bridgehead atoms. The van der Waals surface area contributed by atoms with Gasteiger partial charge in [-0.3, -0.25) is 0 Å². The third-order valence-electron chi connectivity index (χ3n) is 2.86. The molecule has 0 aliphatic heterocycles. The first-order valence-corrected chi connectivity index (χ1v) is 8.01. The van der Waals surface area contributed by atoms with E-state index in [1.54, 1.807) is 37.3 Å². The number of carbonyl (C=O) groups is 1. The molecule has 0 amide bonds. The Morgan fingerprint density at radius 2 is 1.82 bits per heavy atom. The number of carbonyl (C=O) groups excluding carboxylic acids is 1. The van der Waals surface area contributed by atoms with Crippen molar-refractivity contribution in [3.05, 3.63) is 56.5 Å². The molecule has 0 saturated heterocycles. The van der Waals surface area contributed by atoms with E-state index in [9.17, 15) is 4.79 Å². The molecule has 0 radical (unpaired) electrons. The van der Waals surface area contributed by atoms with Crippen molar-refractivity contribution < 1.29 is 14.3 Å². The SMILES string of the molecule is Cc1cc(Br)cc(Cl)c1OC(=O)[C@H](C)Oc1ccc(Cl)cc1. The molecular weight excluding hydrogens is 391 g/mol. The van der Waals surface area contributed by atoms with E-state index >= 15 is 0 Å². The van der Waals surface area contributed by atoms with Gasteiger partial charge in [0.25, 0.3) is 0 Å². The van der Waals surface area contributed by atoms with E-state index in [0.29, 0.717) is 21.5 Å². The summed E-state index contributed by atoms with van der Waals surface area (Å²) < 4.78 is 11.7. The van der Waals surface area contributed by atoms with Gasteiger partial charge in [-0.05, 0) is 55.8 Å². The average molecular weight is 404 g/mol. The van der Waals surface area contributed by atoms with Crippen LogP contribution in [0.4, 0.5) is 0 Å². The van der Waals surface area contributed by atoms with Crippen LogP contribution >= 0.6 is 39.1 Å². The summed E-state index contributed by atoms with van der Waals surface area (Å²) >= 11 is 15.2. The molecule has 0 aromatic heterocycles. The summed E-state index contributed by atoms with van der Waals surface area (Å²) in [7, 11) is 0. The molecule has 0 saturated carbocycles. The summed E-state index contributed by atoms with van der Waals surface area (Å²) in [6.07, 6.45) is -0.778. The molecule has 0 aliphatic carbocycles. The van der Waals surface area contributed by atoms with Crippen LogP contribution in [0.1, 0.15) is 12.5 Å². The van der Waals surface area contributed by atoms with Crippen LogP contribution in [0, 0.1) is 6.92 Å². The first-order valence-electron chi connectivity index (χ1n) is 6.46. The number of benzene rings is 2. The van der Waals surface area contributed by atoms with Gasteiger partial charge in [-0.25, -0.2) is 4.79 Å². The summed E-state index contributed by atoms with van der Waals surface area (Å²) in [5.74, 6) is 0.344. The summed E-state index contributed by atoms with van der Waals surface area (Å²) in [5, 5.41) is 0.957. The number of aryl methyl sites for hydroxylation is 1. The van der Waals surface area contributed by atoms with Crippen LogP contribution < -0.4 is 9.47 Å². The molecule has 1 atom stereocenters. The van der Waals surface area contributed by atoms with Crippen LogP contribution in [0.3, 0.4) is 0 Å². The zero-order valence-electron chi connectivity index (χ0n) is 11.9. The molecule has 6 heteroatoms. The number of hydrogen-bond donors (Lipinski definition) is 0. The smallest absolute Gasteiger partial charge is 0.352 e. The van der Waals surface area contributed by atoms with Crippen molar-refractivity contribution in [1.82, 2.24) is 0 Å². The molecule has 2 aromatic carbocycles. The van der Waals surface area contributed by atoms with E-state index in [4.69, 9.17) is 32.7 Å². The summed E-state index contributed by atoms with van der Waals surface area (Å²) in [6.45, 7) is 3.42. The Morgan fingerprint density at radius 1 is 1.18 bits per heavy atom. The Morgan fingerprint density at radius 3 is 2.41 bits per heavy atom. The zero-order chi connectivity index (χ0) is 16.3. The highest BCUT2D eigenvalue weighted by molar-refractivity contribution is 9.10. The molecule has 0 N–H and O–H groups in total. The third-order valence-corrected chi connectivity index (χ3v) is 3.85. The van der Waals surface area contributed by atoms with Gasteiger partial charge in [0.15, 0.2) is 11.9 Å². The van der Waals surface area contributed by atoms with Gasteiger partial charge in [0.1, 0.15) is 5.75 Å². The monoisotopic (exact) mass is 402 g/mol. The molecule has 0 unspecified atom stereocenters. The predicted octanol–water partition coefficient (Wildman–Crippen LogP) is 5.44. The van der Waals surface area contributed by atoms with Crippen molar-refractivity contribution in [3.8, 4) is 11.5 Å². The summed E-state index contributed by atoms with van der Waals surface area (Å²) in [6, 6.07) is 10.2. The number of esters is 1. The van der Waals surface area contributed by atoms with E-state index < -0.39 is 12.1 Å². The Labute approximate surface area is 147 Å². The van der Waals surface area contributed by atoms with Gasteiger partial charge >= 0.3 is 5.97 Å². The van der Waals surface area contributed by atoms with E-state index in [-0.39, 0.29) is 0 Å². The topological polar surface area (TPSA) is 35.5 Å². The van der Waals surface area contributed by atoms with Crippen LogP contribution in [-0.4, -0.2) is 12.1 Å². The zero-order valence-corrected chi connectivity index (χ0v) is 15.0. The normalized spacial score (nSPS) is 11.9. The Kier molecular flexibility index (Phi) is 5.73. The van der Waals surface area contributed by atoms with Crippen molar-refractivity contribution >= 4 is 45.1 Å². The number of rotatable bonds is 4. The number of hydrogen-bond acceptors (Lipinski definition) is 3. The Hall–Kier alpha value is -1.23. The van der Waals surface area contributed by atoms with E-state index in [1.807, 2.05) is 13.0 Å². The van der Waals surface area contributed by atoms with E-state index in [0.717, 1.165) is 10.0 Å². The molecule has 0 spiro atoms. The second-order valence-electron chi connectivity index (χ2n) is 4.67. The molecular formula is C16H13BrCl2O3. The molecule has 3 nitrogen and oxygen atoms in total. The maximum Gasteiger partial charge on any atom is 0.352 e. The minimum atomic E-state index is -0.778. The fraction of sp³-hybridized carbons (Fsp3) is 0.188. The molecule has 2 aromatic rings. The van der Waals surface area contributed by atoms with E-state index in [1.165, 1.54) is 0 Å². The minimum absolute atomic E-state index is 0.335. The summed E-state index contributed by atoms with van der Waals surface area (Å²) in [4.78, 5) is 12.1. The van der Waals surface area contributed by atoms with Crippen LogP contribution in [0.5, 0.6) is 11.5 Å². The lowest BCUT2D eigenvalue weighted by molar-refractivity contribution is -0.141. The highest BCUT2D eigenvalue weighted by Gasteiger charge is 2.20. The van der Waals surface area contributed by atoms with Gasteiger partial charge in [-0.1, -0.05) is 39.1 Å². The lowest BCUT2D eigenvalue weighted by atomic mass is 10.2. The van der Waals surface area contributed by atoms with Gasteiger partial charge in [0, 0.05) is 9.50 Å².